The molecule has 0 saturated heterocycles. The Labute approximate surface area is 180 Å². The van der Waals surface area contributed by atoms with Crippen LogP contribution in [-0.2, 0) is 16.1 Å². The minimum atomic E-state index is -0.424. The van der Waals surface area contributed by atoms with Gasteiger partial charge in [0.2, 0.25) is 5.91 Å². The monoisotopic (exact) mass is 420 g/mol. The summed E-state index contributed by atoms with van der Waals surface area (Å²) in [5.74, 6) is 0.711. The van der Waals surface area contributed by atoms with Gasteiger partial charge in [0.15, 0.2) is 5.17 Å². The number of carbonyl (C=O) groups excluding carboxylic acids is 2. The van der Waals surface area contributed by atoms with Crippen LogP contribution < -0.4 is 5.32 Å². The third-order valence-electron chi connectivity index (χ3n) is 5.07. The van der Waals surface area contributed by atoms with E-state index in [9.17, 15) is 9.59 Å². The molecule has 0 aliphatic carbocycles. The molecule has 0 radical (unpaired) electrons. The van der Waals surface area contributed by atoms with E-state index in [4.69, 9.17) is 4.99 Å². The van der Waals surface area contributed by atoms with Gasteiger partial charge in [-0.05, 0) is 30.5 Å². The molecule has 2 amide bonds. The van der Waals surface area contributed by atoms with Crippen LogP contribution in [0.4, 0.5) is 5.69 Å². The van der Waals surface area contributed by atoms with Gasteiger partial charge in [-0.25, -0.2) is 9.89 Å². The molecule has 0 aromatic heterocycles. The van der Waals surface area contributed by atoms with Crippen LogP contribution in [0.3, 0.4) is 0 Å². The molecule has 1 N–H and O–H groups in total. The van der Waals surface area contributed by atoms with E-state index in [1.54, 1.807) is 4.90 Å². The average Bonchev–Trinajstić information content (AvgIpc) is 3.10. The lowest BCUT2D eigenvalue weighted by molar-refractivity contribution is -0.125. The Morgan fingerprint density at radius 1 is 1.17 bits per heavy atom. The van der Waals surface area contributed by atoms with Gasteiger partial charge < -0.3 is 5.32 Å². The first-order valence-corrected chi connectivity index (χ1v) is 11.0. The Bertz CT molecular complexity index is 1040. The first-order chi connectivity index (χ1) is 14.4. The third kappa shape index (κ3) is 4.03. The summed E-state index contributed by atoms with van der Waals surface area (Å²) in [5.41, 5.74) is 3.85. The Morgan fingerprint density at radius 3 is 2.63 bits per heavy atom. The zero-order chi connectivity index (χ0) is 21.3. The molecule has 2 heterocycles. The van der Waals surface area contributed by atoms with Crippen molar-refractivity contribution >= 4 is 40.3 Å². The number of amides is 2. The summed E-state index contributed by atoms with van der Waals surface area (Å²) in [6.45, 7) is 6.47. The summed E-state index contributed by atoms with van der Waals surface area (Å²) in [5, 5.41) is 3.43. The third-order valence-corrected chi connectivity index (χ3v) is 6.01. The zero-order valence-corrected chi connectivity index (χ0v) is 18.1. The normalized spacial score (nSPS) is 17.4. The number of fused-ring (bicyclic) bond motifs is 3. The molecule has 2 aromatic carbocycles. The number of benzene rings is 2. The molecule has 6 nitrogen and oxygen atoms in total. The maximum absolute atomic E-state index is 13.0. The van der Waals surface area contributed by atoms with E-state index in [0.717, 1.165) is 16.8 Å². The molecule has 4 rings (SSSR count). The molecule has 30 heavy (non-hydrogen) atoms. The van der Waals surface area contributed by atoms with Crippen molar-refractivity contribution in [3.8, 4) is 0 Å². The summed E-state index contributed by atoms with van der Waals surface area (Å²) >= 11 is 1.26. The lowest BCUT2D eigenvalue weighted by atomic mass is 10.1. The fourth-order valence-electron chi connectivity index (χ4n) is 3.39. The highest BCUT2D eigenvalue weighted by Crippen LogP contribution is 2.34. The fourth-order valence-corrected chi connectivity index (χ4v) is 4.22. The number of para-hydroxylation sites is 1. The van der Waals surface area contributed by atoms with Gasteiger partial charge in [-0.3, -0.25) is 14.6 Å². The van der Waals surface area contributed by atoms with Gasteiger partial charge in [-0.1, -0.05) is 67.6 Å². The van der Waals surface area contributed by atoms with Gasteiger partial charge in [0.1, 0.15) is 11.9 Å². The van der Waals surface area contributed by atoms with Crippen molar-refractivity contribution in [3.63, 3.8) is 0 Å². The summed E-state index contributed by atoms with van der Waals surface area (Å²) in [6, 6.07) is 15.3. The van der Waals surface area contributed by atoms with E-state index in [2.05, 4.69) is 10.3 Å². The number of amidine groups is 2. The molecule has 0 fully saturated rings. The van der Waals surface area contributed by atoms with Crippen LogP contribution in [0.1, 0.15) is 30.5 Å². The number of aryl methyl sites for hydroxylation is 1. The molecule has 7 heteroatoms. The first-order valence-electron chi connectivity index (χ1n) is 9.99. The minimum absolute atomic E-state index is 0.0826. The molecular formula is C23H24N4O2S. The highest BCUT2D eigenvalue weighted by Gasteiger charge is 2.42. The van der Waals surface area contributed by atoms with Gasteiger partial charge in [0.05, 0.1) is 11.4 Å². The highest BCUT2D eigenvalue weighted by molar-refractivity contribution is 8.14. The summed E-state index contributed by atoms with van der Waals surface area (Å²) in [7, 11) is 0. The number of hydrogen-bond donors (Lipinski definition) is 1. The van der Waals surface area contributed by atoms with Crippen LogP contribution in [0.25, 0.3) is 0 Å². The van der Waals surface area contributed by atoms with E-state index in [0.29, 0.717) is 17.5 Å². The van der Waals surface area contributed by atoms with Crippen molar-refractivity contribution in [1.29, 1.82) is 0 Å². The standard InChI is InChI=1S/C23H24N4O2S/c1-14(2)20-22(29)27-21(26-20)17-6-4-5-7-18(17)25-23(27)30-13-19(28)24-12-16-10-8-15(3)9-11-16/h4-11,14,20H,12-13H2,1-3H3,(H,24,28)/t20-/m0/s1. The number of thioether (sulfide) groups is 1. The number of carbonyl (C=O) groups is 2. The number of nitrogens with zero attached hydrogens (tertiary/aromatic N) is 3. The Hall–Kier alpha value is -2.93. The second-order valence-corrected chi connectivity index (χ2v) is 8.72. The van der Waals surface area contributed by atoms with Crippen molar-refractivity contribution in [3.05, 3.63) is 65.2 Å². The summed E-state index contributed by atoms with van der Waals surface area (Å²) in [6.07, 6.45) is 0. The average molecular weight is 421 g/mol. The van der Waals surface area contributed by atoms with Crippen LogP contribution in [0.5, 0.6) is 0 Å². The molecule has 0 unspecified atom stereocenters. The number of hydrogen-bond acceptors (Lipinski definition) is 5. The van der Waals surface area contributed by atoms with Gasteiger partial charge in [0, 0.05) is 12.1 Å². The molecule has 1 atom stereocenters. The number of nitrogens with one attached hydrogen (secondary N) is 1. The van der Waals surface area contributed by atoms with Crippen LogP contribution >= 0.6 is 11.8 Å². The predicted octanol–water partition coefficient (Wildman–Crippen LogP) is 3.66. The highest BCUT2D eigenvalue weighted by atomic mass is 32.2. The second-order valence-electron chi connectivity index (χ2n) is 7.78. The molecule has 2 aliphatic heterocycles. The first kappa shape index (κ1) is 20.3. The quantitative estimate of drug-likeness (QED) is 0.802. The Balaban J connectivity index is 1.47. The van der Waals surface area contributed by atoms with Crippen molar-refractivity contribution in [1.82, 2.24) is 10.2 Å². The summed E-state index contributed by atoms with van der Waals surface area (Å²) < 4.78 is 0. The number of aliphatic imine (C=N–C) groups is 2. The predicted molar refractivity (Wildman–Crippen MR) is 121 cm³/mol. The van der Waals surface area contributed by atoms with Crippen molar-refractivity contribution in [2.45, 2.75) is 33.4 Å². The molecule has 0 saturated carbocycles. The number of rotatable bonds is 5. The SMILES string of the molecule is Cc1ccc(CNC(=O)CSC2=Nc3ccccc3C3=N[C@@H](C(C)C)C(=O)N23)cc1. The molecule has 0 bridgehead atoms. The van der Waals surface area contributed by atoms with Crippen LogP contribution in [0.2, 0.25) is 0 Å². The molecule has 0 spiro atoms. The smallest absolute Gasteiger partial charge is 0.259 e. The second kappa shape index (κ2) is 8.44. The maximum Gasteiger partial charge on any atom is 0.259 e. The molecular weight excluding hydrogens is 396 g/mol. The van der Waals surface area contributed by atoms with Gasteiger partial charge in [-0.15, -0.1) is 0 Å². The Kier molecular flexibility index (Phi) is 5.72. The van der Waals surface area contributed by atoms with Crippen molar-refractivity contribution in [2.75, 3.05) is 5.75 Å². The van der Waals surface area contributed by atoms with E-state index < -0.39 is 6.04 Å². The topological polar surface area (TPSA) is 74.1 Å². The largest absolute Gasteiger partial charge is 0.351 e. The van der Waals surface area contributed by atoms with Gasteiger partial charge in [-0.2, -0.15) is 0 Å². The Morgan fingerprint density at radius 2 is 1.90 bits per heavy atom. The van der Waals surface area contributed by atoms with Gasteiger partial charge in [0.25, 0.3) is 5.91 Å². The minimum Gasteiger partial charge on any atom is -0.351 e. The van der Waals surface area contributed by atoms with Crippen LogP contribution in [0.15, 0.2) is 58.5 Å². The van der Waals surface area contributed by atoms with E-state index >= 15 is 0 Å². The summed E-state index contributed by atoms with van der Waals surface area (Å²) in [4.78, 5) is 36.3. The molecule has 154 valence electrons. The van der Waals surface area contributed by atoms with Crippen LogP contribution in [-0.4, -0.2) is 39.5 Å². The lowest BCUT2D eigenvalue weighted by Crippen LogP contribution is -2.42. The van der Waals surface area contributed by atoms with Crippen LogP contribution in [0, 0.1) is 12.8 Å². The van der Waals surface area contributed by atoms with Crippen molar-refractivity contribution < 1.29 is 9.59 Å². The van der Waals surface area contributed by atoms with Gasteiger partial charge >= 0.3 is 0 Å². The molecule has 2 aromatic rings. The van der Waals surface area contributed by atoms with E-state index in [-0.39, 0.29) is 23.5 Å². The van der Waals surface area contributed by atoms with E-state index in [1.165, 1.54) is 17.3 Å². The maximum atomic E-state index is 13.0. The zero-order valence-electron chi connectivity index (χ0n) is 17.3. The molecule has 2 aliphatic rings. The lowest BCUT2D eigenvalue weighted by Gasteiger charge is -2.25. The van der Waals surface area contributed by atoms with E-state index in [1.807, 2.05) is 69.3 Å². The fraction of sp³-hybridized carbons (Fsp3) is 0.304. The van der Waals surface area contributed by atoms with Crippen molar-refractivity contribution in [2.24, 2.45) is 15.9 Å².